The van der Waals surface area contributed by atoms with Gasteiger partial charge in [-0.3, -0.25) is 4.79 Å². The molecule has 0 N–H and O–H groups in total. The molecule has 2 heterocycles. The third-order valence-corrected chi connectivity index (χ3v) is 4.08. The molecular formula is C15H15NO2. The molecule has 0 aromatic carbocycles. The van der Waals surface area contributed by atoms with Gasteiger partial charge in [0.2, 0.25) is 0 Å². The summed E-state index contributed by atoms with van der Waals surface area (Å²) < 4.78 is 8.13. The van der Waals surface area contributed by atoms with Crippen LogP contribution in [0.2, 0.25) is 0 Å². The summed E-state index contributed by atoms with van der Waals surface area (Å²) >= 11 is 0. The maximum absolute atomic E-state index is 12.3. The molecule has 1 aromatic heterocycles. The molecule has 0 bridgehead atoms. The van der Waals surface area contributed by atoms with Crippen LogP contribution in [0.1, 0.15) is 19.4 Å². The van der Waals surface area contributed by atoms with E-state index in [2.05, 4.69) is 30.6 Å². The predicted octanol–water partition coefficient (Wildman–Crippen LogP) is 0.381. The molecule has 18 heavy (non-hydrogen) atoms. The number of hydrogen-bond acceptors (Lipinski definition) is 2. The first-order valence-corrected chi connectivity index (χ1v) is 6.33. The minimum Gasteiger partial charge on any atom is -0.489 e. The first-order chi connectivity index (χ1) is 8.49. The Morgan fingerprint density at radius 1 is 1.39 bits per heavy atom. The third kappa shape index (κ3) is 1.07. The van der Waals surface area contributed by atoms with Gasteiger partial charge in [0.1, 0.15) is 12.4 Å². The van der Waals surface area contributed by atoms with Crippen LogP contribution >= 0.6 is 0 Å². The monoisotopic (exact) mass is 241 g/mol. The van der Waals surface area contributed by atoms with Crippen LogP contribution in [0.5, 0.6) is 0 Å². The van der Waals surface area contributed by atoms with Crippen molar-refractivity contribution in [3.8, 4) is 0 Å². The van der Waals surface area contributed by atoms with E-state index in [0.717, 1.165) is 21.9 Å². The van der Waals surface area contributed by atoms with Crippen LogP contribution in [0.3, 0.4) is 0 Å². The molecular weight excluding hydrogens is 226 g/mol. The minimum atomic E-state index is -0.109. The van der Waals surface area contributed by atoms with E-state index in [1.165, 1.54) is 5.57 Å². The molecule has 1 aromatic rings. The molecule has 92 valence electrons. The van der Waals surface area contributed by atoms with E-state index in [1.54, 1.807) is 0 Å². The van der Waals surface area contributed by atoms with E-state index in [1.807, 2.05) is 13.1 Å². The predicted molar refractivity (Wildman–Crippen MR) is 69.4 cm³/mol. The fourth-order valence-corrected chi connectivity index (χ4v) is 2.93. The van der Waals surface area contributed by atoms with Crippen molar-refractivity contribution < 1.29 is 4.74 Å². The Bertz CT molecular complexity index is 793. The van der Waals surface area contributed by atoms with E-state index in [4.69, 9.17) is 4.74 Å². The van der Waals surface area contributed by atoms with Crippen molar-refractivity contribution in [3.05, 3.63) is 44.2 Å². The van der Waals surface area contributed by atoms with E-state index < -0.39 is 0 Å². The Kier molecular flexibility index (Phi) is 1.58. The lowest BCUT2D eigenvalue weighted by molar-refractivity contribution is 0.132. The van der Waals surface area contributed by atoms with Crippen molar-refractivity contribution in [2.24, 2.45) is 5.92 Å². The highest BCUT2D eigenvalue weighted by molar-refractivity contribution is 5.75. The van der Waals surface area contributed by atoms with Crippen molar-refractivity contribution in [1.82, 2.24) is 4.57 Å². The first kappa shape index (κ1) is 10.2. The summed E-state index contributed by atoms with van der Waals surface area (Å²) in [5, 5.41) is 1.79. The van der Waals surface area contributed by atoms with Gasteiger partial charge in [0.15, 0.2) is 5.43 Å². The number of pyridine rings is 1. The topological polar surface area (TPSA) is 31.2 Å². The summed E-state index contributed by atoms with van der Waals surface area (Å²) in [5.74, 6) is 1.26. The molecule has 0 fully saturated rings. The van der Waals surface area contributed by atoms with Crippen LogP contribution in [0.15, 0.2) is 22.6 Å². The molecule has 1 atom stereocenters. The Balaban J connectivity index is 2.29. The van der Waals surface area contributed by atoms with Gasteiger partial charge in [-0.05, 0) is 20.8 Å². The highest BCUT2D eigenvalue weighted by atomic mass is 16.5. The van der Waals surface area contributed by atoms with Gasteiger partial charge >= 0.3 is 0 Å². The number of aromatic nitrogens is 1. The standard InChI is InChI=1S/C15H15NO2/c1-8-6-16-12-11(13(8)17)5-9-4-10(9)14(12)18-7-15(16,2)3/h4-6,9H,7H2,1-3H3. The Morgan fingerprint density at radius 2 is 2.17 bits per heavy atom. The fourth-order valence-electron chi connectivity index (χ4n) is 2.93. The average Bonchev–Trinajstić information content (AvgIpc) is 3.07. The van der Waals surface area contributed by atoms with Gasteiger partial charge in [0.05, 0.1) is 10.9 Å². The lowest BCUT2D eigenvalue weighted by Crippen LogP contribution is -2.56. The maximum atomic E-state index is 12.3. The number of fused-ring (bicyclic) bond motifs is 2. The number of rotatable bonds is 0. The summed E-state index contributed by atoms with van der Waals surface area (Å²) in [5.41, 5.74) is 2.08. The second kappa shape index (κ2) is 2.79. The van der Waals surface area contributed by atoms with Crippen molar-refractivity contribution in [2.75, 3.05) is 6.61 Å². The second-order valence-electron chi connectivity index (χ2n) is 6.02. The smallest absolute Gasteiger partial charge is 0.192 e. The van der Waals surface area contributed by atoms with Gasteiger partial charge in [-0.15, -0.1) is 0 Å². The lowest BCUT2D eigenvalue weighted by Gasteiger charge is -2.35. The summed E-state index contributed by atoms with van der Waals surface area (Å²) in [4.78, 5) is 12.3. The Morgan fingerprint density at radius 3 is 2.94 bits per heavy atom. The SMILES string of the molecule is Cc1cn2c3c(c1=O)=CC1C=C1C=3OCC2(C)C. The zero-order valence-corrected chi connectivity index (χ0v) is 10.8. The molecule has 3 aliphatic rings. The normalized spacial score (nSPS) is 25.4. The molecule has 0 spiro atoms. The van der Waals surface area contributed by atoms with Crippen molar-refractivity contribution >= 4 is 11.8 Å². The van der Waals surface area contributed by atoms with Crippen molar-refractivity contribution in [3.63, 3.8) is 0 Å². The van der Waals surface area contributed by atoms with Gasteiger partial charge < -0.3 is 9.30 Å². The minimum absolute atomic E-state index is 0.109. The maximum Gasteiger partial charge on any atom is 0.192 e. The number of hydrogen-bond donors (Lipinski definition) is 0. The quantitative estimate of drug-likeness (QED) is 0.657. The molecule has 0 radical (unpaired) electrons. The summed E-state index contributed by atoms with van der Waals surface area (Å²) in [7, 11) is 0. The highest BCUT2D eigenvalue weighted by Crippen LogP contribution is 2.40. The second-order valence-corrected chi connectivity index (χ2v) is 6.02. The van der Waals surface area contributed by atoms with Gasteiger partial charge in [-0.2, -0.15) is 0 Å². The van der Waals surface area contributed by atoms with Gasteiger partial charge in [0, 0.05) is 28.5 Å². The highest BCUT2D eigenvalue weighted by Gasteiger charge is 2.37. The van der Waals surface area contributed by atoms with E-state index in [9.17, 15) is 4.79 Å². The van der Waals surface area contributed by atoms with Gasteiger partial charge in [-0.1, -0.05) is 12.2 Å². The average molecular weight is 241 g/mol. The molecule has 0 amide bonds. The Labute approximate surface area is 105 Å². The van der Waals surface area contributed by atoms with Crippen molar-refractivity contribution in [1.29, 1.82) is 0 Å². The van der Waals surface area contributed by atoms with E-state index >= 15 is 0 Å². The van der Waals surface area contributed by atoms with Crippen LogP contribution < -0.4 is 16.0 Å². The molecule has 0 saturated heterocycles. The molecule has 1 aliphatic heterocycles. The molecule has 0 saturated carbocycles. The fraction of sp³-hybridized carbons (Fsp3) is 0.400. The number of allylic oxidation sites excluding steroid dienone is 1. The van der Waals surface area contributed by atoms with Gasteiger partial charge in [0.25, 0.3) is 0 Å². The molecule has 1 unspecified atom stereocenters. The summed E-state index contributed by atoms with van der Waals surface area (Å²) in [6.07, 6.45) is 6.21. The van der Waals surface area contributed by atoms with E-state index in [-0.39, 0.29) is 11.0 Å². The number of ether oxygens (including phenoxy) is 1. The molecule has 3 nitrogen and oxygen atoms in total. The largest absolute Gasteiger partial charge is 0.489 e. The first-order valence-electron chi connectivity index (χ1n) is 6.33. The molecule has 3 heteroatoms. The third-order valence-electron chi connectivity index (χ3n) is 4.08. The van der Waals surface area contributed by atoms with Crippen LogP contribution in [-0.4, -0.2) is 11.2 Å². The van der Waals surface area contributed by atoms with E-state index in [0.29, 0.717) is 12.5 Å². The zero-order valence-electron chi connectivity index (χ0n) is 10.8. The molecule has 2 aliphatic carbocycles. The van der Waals surface area contributed by atoms with Crippen LogP contribution in [0, 0.1) is 12.8 Å². The van der Waals surface area contributed by atoms with Crippen LogP contribution in [0.25, 0.3) is 11.8 Å². The summed E-state index contributed by atoms with van der Waals surface area (Å²) in [6, 6.07) is 0. The zero-order chi connectivity index (χ0) is 12.7. The molecule has 4 rings (SSSR count). The van der Waals surface area contributed by atoms with Crippen molar-refractivity contribution in [2.45, 2.75) is 26.3 Å². The lowest BCUT2D eigenvalue weighted by atomic mass is 9.99. The van der Waals surface area contributed by atoms with Gasteiger partial charge in [-0.25, -0.2) is 0 Å². The van der Waals surface area contributed by atoms with Crippen LogP contribution in [-0.2, 0) is 10.3 Å². The number of nitrogens with zero attached hydrogens (tertiary/aromatic N) is 1. The van der Waals surface area contributed by atoms with Crippen LogP contribution in [0.4, 0.5) is 0 Å². The number of aryl methyl sites for hydroxylation is 1. The Hall–Kier alpha value is -1.77. The summed E-state index contributed by atoms with van der Waals surface area (Å²) in [6.45, 7) is 6.82.